The number of carbonyl (C=O) groups excluding carboxylic acids is 1. The summed E-state index contributed by atoms with van der Waals surface area (Å²) in [6.07, 6.45) is 4.59. The highest BCUT2D eigenvalue weighted by atomic mass is 16.7. The molecule has 0 saturated heterocycles. The standard InChI is InChI=1S/C19H24N4O2/c1-4-23(25-3)19(24)21-13-9-15-14-6-5-7-16-18(14)12(10-20-16)8-17(15)22(2)11-13/h5-7,9-10,13,17,20H,4,8,11H2,1-3H3,(H,21,24)/t13-,17?/m0/s1/i2D3. The van der Waals surface area contributed by atoms with Crippen LogP contribution in [0.15, 0.2) is 30.5 Å². The van der Waals surface area contributed by atoms with Gasteiger partial charge in [-0.05, 0) is 43.1 Å². The smallest absolute Gasteiger partial charge is 0.341 e. The highest BCUT2D eigenvalue weighted by Gasteiger charge is 2.34. The molecule has 4 rings (SSSR count). The van der Waals surface area contributed by atoms with E-state index >= 15 is 0 Å². The predicted molar refractivity (Wildman–Crippen MR) is 98.1 cm³/mol. The average molecular weight is 343 g/mol. The molecule has 0 fully saturated rings. The van der Waals surface area contributed by atoms with Gasteiger partial charge >= 0.3 is 6.03 Å². The molecule has 2 N–H and O–H groups in total. The van der Waals surface area contributed by atoms with Gasteiger partial charge < -0.3 is 10.3 Å². The number of hydrogen-bond acceptors (Lipinski definition) is 3. The van der Waals surface area contributed by atoms with Crippen molar-refractivity contribution in [1.29, 1.82) is 0 Å². The van der Waals surface area contributed by atoms with Crippen LogP contribution in [-0.4, -0.2) is 60.2 Å². The SMILES string of the molecule is [2H]C([2H])([2H])N1C[C@@H](NC(=O)N(CC)OC)C=C2c3cccc4[nH]cc(c34)CC21. The van der Waals surface area contributed by atoms with Gasteiger partial charge in [-0.1, -0.05) is 18.2 Å². The first-order chi connectivity index (χ1) is 13.3. The van der Waals surface area contributed by atoms with Crippen LogP contribution in [0.2, 0.25) is 0 Å². The summed E-state index contributed by atoms with van der Waals surface area (Å²) in [5.74, 6) is 0. The van der Waals surface area contributed by atoms with Gasteiger partial charge in [0.05, 0.1) is 13.2 Å². The fourth-order valence-electron chi connectivity index (χ4n) is 3.92. The Morgan fingerprint density at radius 3 is 3.20 bits per heavy atom. The lowest BCUT2D eigenvalue weighted by atomic mass is 9.81. The third-order valence-corrected chi connectivity index (χ3v) is 5.06. The largest absolute Gasteiger partial charge is 0.361 e. The molecule has 2 atom stereocenters. The molecule has 0 bridgehead atoms. The van der Waals surface area contributed by atoms with E-state index in [9.17, 15) is 4.79 Å². The van der Waals surface area contributed by atoms with Gasteiger partial charge in [0.15, 0.2) is 0 Å². The van der Waals surface area contributed by atoms with E-state index in [2.05, 4.69) is 10.3 Å². The molecule has 6 nitrogen and oxygen atoms in total. The minimum atomic E-state index is -2.26. The number of amides is 2. The zero-order valence-electron chi connectivity index (χ0n) is 17.4. The molecule has 25 heavy (non-hydrogen) atoms. The molecule has 132 valence electrons. The summed E-state index contributed by atoms with van der Waals surface area (Å²) < 4.78 is 24.1. The lowest BCUT2D eigenvalue weighted by Gasteiger charge is -2.40. The molecular formula is C19H24N4O2. The van der Waals surface area contributed by atoms with Crippen LogP contribution in [-0.2, 0) is 11.3 Å². The van der Waals surface area contributed by atoms with Gasteiger partial charge in [-0.25, -0.2) is 9.86 Å². The second-order valence-corrected chi connectivity index (χ2v) is 6.47. The van der Waals surface area contributed by atoms with Gasteiger partial charge in [-0.15, -0.1) is 0 Å². The van der Waals surface area contributed by atoms with Crippen molar-refractivity contribution < 1.29 is 13.7 Å². The van der Waals surface area contributed by atoms with Gasteiger partial charge in [0.2, 0.25) is 0 Å². The Morgan fingerprint density at radius 1 is 1.56 bits per heavy atom. The highest BCUT2D eigenvalue weighted by molar-refractivity contribution is 5.98. The molecule has 1 aromatic carbocycles. The van der Waals surface area contributed by atoms with Crippen LogP contribution in [0.3, 0.4) is 0 Å². The van der Waals surface area contributed by atoms with Crippen LogP contribution in [0, 0.1) is 0 Å². The van der Waals surface area contributed by atoms with Gasteiger partial charge in [0.1, 0.15) is 0 Å². The van der Waals surface area contributed by atoms with Crippen LogP contribution in [0.4, 0.5) is 4.79 Å². The zero-order chi connectivity index (χ0) is 20.1. The van der Waals surface area contributed by atoms with Crippen molar-refractivity contribution in [2.24, 2.45) is 0 Å². The number of carbonyl (C=O) groups is 1. The minimum absolute atomic E-state index is 0.216. The molecule has 1 unspecified atom stereocenters. The molecule has 2 amide bonds. The molecule has 0 radical (unpaired) electrons. The van der Waals surface area contributed by atoms with Crippen molar-refractivity contribution in [3.8, 4) is 0 Å². The second-order valence-electron chi connectivity index (χ2n) is 6.47. The van der Waals surface area contributed by atoms with E-state index in [1.54, 1.807) is 0 Å². The van der Waals surface area contributed by atoms with E-state index in [-0.39, 0.29) is 18.6 Å². The van der Waals surface area contributed by atoms with E-state index in [4.69, 9.17) is 8.95 Å². The topological polar surface area (TPSA) is 60.6 Å². The molecule has 1 aromatic heterocycles. The van der Waals surface area contributed by atoms with Crippen LogP contribution < -0.4 is 5.32 Å². The number of rotatable bonds is 3. The summed E-state index contributed by atoms with van der Waals surface area (Å²) in [4.78, 5) is 22.3. The van der Waals surface area contributed by atoms with Gasteiger partial charge in [-0.3, -0.25) is 9.74 Å². The lowest BCUT2D eigenvalue weighted by molar-refractivity contribution is -0.0828. The number of hydrogen-bond donors (Lipinski definition) is 2. The number of urea groups is 1. The first-order valence-electron chi connectivity index (χ1n) is 10.0. The third kappa shape index (κ3) is 2.62. The molecule has 1 aliphatic carbocycles. The summed E-state index contributed by atoms with van der Waals surface area (Å²) in [6, 6.07) is 4.94. The maximum atomic E-state index is 12.4. The molecule has 6 heteroatoms. The normalized spacial score (nSPS) is 24.7. The molecule has 2 aromatic rings. The number of aromatic nitrogens is 1. The van der Waals surface area contributed by atoms with Crippen molar-refractivity contribution in [3.05, 3.63) is 41.6 Å². The minimum Gasteiger partial charge on any atom is -0.361 e. The number of hydroxylamine groups is 2. The highest BCUT2D eigenvalue weighted by Crippen LogP contribution is 2.39. The third-order valence-electron chi connectivity index (χ3n) is 5.06. The fraction of sp³-hybridized carbons (Fsp3) is 0.421. The van der Waals surface area contributed by atoms with E-state index in [1.807, 2.05) is 37.4 Å². The maximum absolute atomic E-state index is 12.4. The van der Waals surface area contributed by atoms with E-state index in [0.717, 1.165) is 27.6 Å². The fourth-order valence-corrected chi connectivity index (χ4v) is 3.92. The number of fused-ring (bicyclic) bond motifs is 2. The number of H-pyrrole nitrogens is 1. The van der Waals surface area contributed by atoms with Crippen molar-refractivity contribution in [1.82, 2.24) is 20.3 Å². The Kier molecular flexibility index (Phi) is 3.22. The summed E-state index contributed by atoms with van der Waals surface area (Å²) in [7, 11) is 1.43. The molecule has 2 aliphatic rings. The molecule has 0 saturated carbocycles. The molecule has 1 aliphatic heterocycles. The van der Waals surface area contributed by atoms with Crippen LogP contribution in [0.25, 0.3) is 16.5 Å². The number of nitrogens with zero attached hydrogens (tertiary/aromatic N) is 2. The van der Waals surface area contributed by atoms with Gasteiger partial charge in [0, 0.05) is 40.3 Å². The van der Waals surface area contributed by atoms with Crippen molar-refractivity contribution >= 4 is 22.5 Å². The Bertz CT molecular complexity index is 933. The lowest BCUT2D eigenvalue weighted by Crippen LogP contribution is -2.52. The summed E-state index contributed by atoms with van der Waals surface area (Å²) in [5, 5.41) is 5.23. The summed E-state index contributed by atoms with van der Waals surface area (Å²) >= 11 is 0. The van der Waals surface area contributed by atoms with Gasteiger partial charge in [-0.2, -0.15) is 0 Å². The van der Waals surface area contributed by atoms with Crippen molar-refractivity contribution in [2.45, 2.75) is 25.4 Å². The van der Waals surface area contributed by atoms with Crippen molar-refractivity contribution in [2.75, 3.05) is 27.2 Å². The monoisotopic (exact) mass is 343 g/mol. The molecule has 2 heterocycles. The number of aromatic amines is 1. The van der Waals surface area contributed by atoms with E-state index in [0.29, 0.717) is 13.0 Å². The quantitative estimate of drug-likeness (QED) is 0.841. The first kappa shape index (κ1) is 13.0. The summed E-state index contributed by atoms with van der Waals surface area (Å²) in [6.45, 7) is 0.152. The van der Waals surface area contributed by atoms with Crippen molar-refractivity contribution in [3.63, 3.8) is 0 Å². The molecule has 0 spiro atoms. The summed E-state index contributed by atoms with van der Waals surface area (Å²) in [5.41, 5.74) is 4.14. The number of likely N-dealkylation sites (N-methyl/N-ethyl adjacent to an activating group) is 1. The van der Waals surface area contributed by atoms with E-state index in [1.165, 1.54) is 17.1 Å². The van der Waals surface area contributed by atoms with E-state index < -0.39 is 13.0 Å². The second kappa shape index (κ2) is 6.20. The number of benzene rings is 1. The van der Waals surface area contributed by atoms with Gasteiger partial charge in [0.25, 0.3) is 0 Å². The maximum Gasteiger partial charge on any atom is 0.341 e. The Balaban J connectivity index is 1.75. The number of nitrogens with one attached hydrogen (secondary N) is 2. The Morgan fingerprint density at radius 2 is 2.44 bits per heavy atom. The Hall–Kier alpha value is -2.31. The zero-order valence-corrected chi connectivity index (χ0v) is 14.4. The molecular weight excluding hydrogens is 316 g/mol. The first-order valence-corrected chi connectivity index (χ1v) is 8.53. The predicted octanol–water partition coefficient (Wildman–Crippen LogP) is 2.38. The average Bonchev–Trinajstić information content (AvgIpc) is 3.06. The van der Waals surface area contributed by atoms with Crippen LogP contribution in [0.1, 0.15) is 22.2 Å². The van der Waals surface area contributed by atoms with Crippen LogP contribution >= 0.6 is 0 Å². The van der Waals surface area contributed by atoms with Crippen LogP contribution in [0.5, 0.6) is 0 Å². The Labute approximate surface area is 151 Å².